The van der Waals surface area contributed by atoms with Crippen molar-refractivity contribution in [3.63, 3.8) is 0 Å². The Morgan fingerprint density at radius 2 is 2.44 bits per heavy atom. The molecule has 1 fully saturated rings. The van der Waals surface area contributed by atoms with Crippen molar-refractivity contribution in [2.75, 3.05) is 6.54 Å². The molecule has 1 aliphatic carbocycles. The van der Waals surface area contributed by atoms with E-state index in [9.17, 15) is 9.90 Å². The van der Waals surface area contributed by atoms with Crippen LogP contribution in [0.3, 0.4) is 0 Å². The minimum absolute atomic E-state index is 0.130. The van der Waals surface area contributed by atoms with Crippen LogP contribution in [0.5, 0.6) is 0 Å². The van der Waals surface area contributed by atoms with E-state index < -0.39 is 6.09 Å². The summed E-state index contributed by atoms with van der Waals surface area (Å²) >= 11 is 0. The molecule has 0 radical (unpaired) electrons. The molecule has 3 atom stereocenters. The molecule has 0 aromatic heterocycles. The predicted octanol–water partition coefficient (Wildman–Crippen LogP) is 1.77. The average molecular weight is 220 g/mol. The highest BCUT2D eigenvalue weighted by molar-refractivity contribution is 5.68. The summed E-state index contributed by atoms with van der Waals surface area (Å²) < 4.78 is 0. The van der Waals surface area contributed by atoms with Crippen molar-refractivity contribution in [2.45, 2.75) is 25.3 Å². The lowest BCUT2D eigenvalue weighted by Gasteiger charge is -2.41. The molecule has 16 heavy (non-hydrogen) atoms. The third kappa shape index (κ3) is 1.32. The third-order valence-corrected chi connectivity index (χ3v) is 3.91. The summed E-state index contributed by atoms with van der Waals surface area (Å²) in [6.45, 7) is 0.868. The van der Waals surface area contributed by atoms with Crippen LogP contribution in [0.1, 0.15) is 19.3 Å². The number of nitrogens with one attached hydrogen (secondary N) is 1. The molecule has 0 saturated carbocycles. The quantitative estimate of drug-likeness (QED) is 0.654. The Morgan fingerprint density at radius 3 is 3.25 bits per heavy atom. The molecule has 4 nitrogen and oxygen atoms in total. The van der Waals surface area contributed by atoms with Crippen LogP contribution in [0.4, 0.5) is 4.79 Å². The molecule has 1 saturated heterocycles. The Hall–Kier alpha value is -1.45. The molecular formula is C12H16N2O2. The normalized spacial score (nSPS) is 36.1. The molecule has 0 aromatic carbocycles. The Bertz CT molecular complexity index is 375. The number of nitrogens with zero attached hydrogens (tertiary/aromatic N) is 1. The number of hydrogen-bond donors (Lipinski definition) is 2. The van der Waals surface area contributed by atoms with Gasteiger partial charge >= 0.3 is 6.09 Å². The summed E-state index contributed by atoms with van der Waals surface area (Å²) in [7, 11) is 0. The largest absolute Gasteiger partial charge is 0.465 e. The van der Waals surface area contributed by atoms with Crippen LogP contribution >= 0.6 is 0 Å². The van der Waals surface area contributed by atoms with Crippen molar-refractivity contribution in [3.8, 4) is 0 Å². The standard InChI is InChI=1S/C12H16N2O2/c15-12(16)14-6-5-8-7-13-10-4-2-1-3-9(10)11(8)14/h4-6,8-9,11,13H,1-3,7H2,(H,15,16). The summed E-state index contributed by atoms with van der Waals surface area (Å²) in [5.74, 6) is 0.718. The van der Waals surface area contributed by atoms with Crippen LogP contribution in [-0.2, 0) is 0 Å². The monoisotopic (exact) mass is 220 g/mol. The molecule has 2 heterocycles. The summed E-state index contributed by atoms with van der Waals surface area (Å²) in [6.07, 6.45) is 8.57. The first kappa shape index (κ1) is 9.75. The molecule has 2 aliphatic heterocycles. The first-order chi connectivity index (χ1) is 7.77. The molecular weight excluding hydrogens is 204 g/mol. The molecule has 1 amide bonds. The second-order valence-electron chi connectivity index (χ2n) is 4.76. The van der Waals surface area contributed by atoms with E-state index >= 15 is 0 Å². The van der Waals surface area contributed by atoms with Gasteiger partial charge in [-0.15, -0.1) is 0 Å². The fraction of sp³-hybridized carbons (Fsp3) is 0.583. The van der Waals surface area contributed by atoms with Gasteiger partial charge in [-0.25, -0.2) is 4.79 Å². The summed E-state index contributed by atoms with van der Waals surface area (Å²) in [5, 5.41) is 12.6. The van der Waals surface area contributed by atoms with Crippen molar-refractivity contribution < 1.29 is 9.90 Å². The number of piperidine rings is 1. The van der Waals surface area contributed by atoms with Gasteiger partial charge in [-0.05, 0) is 19.3 Å². The molecule has 3 unspecified atom stereocenters. The lowest BCUT2D eigenvalue weighted by Crippen LogP contribution is -2.51. The van der Waals surface area contributed by atoms with Crippen LogP contribution < -0.4 is 5.32 Å². The maximum absolute atomic E-state index is 11.2. The van der Waals surface area contributed by atoms with Gasteiger partial charge in [0, 0.05) is 30.3 Å². The first-order valence-electron chi connectivity index (χ1n) is 5.91. The van der Waals surface area contributed by atoms with Crippen LogP contribution in [0.2, 0.25) is 0 Å². The molecule has 86 valence electrons. The lowest BCUT2D eigenvalue weighted by molar-refractivity contribution is 0.119. The smallest absolute Gasteiger partial charge is 0.411 e. The second-order valence-corrected chi connectivity index (χ2v) is 4.76. The number of carbonyl (C=O) groups is 1. The number of hydrogen-bond acceptors (Lipinski definition) is 2. The number of fused-ring (bicyclic) bond motifs is 3. The minimum Gasteiger partial charge on any atom is -0.465 e. The lowest BCUT2D eigenvalue weighted by atomic mass is 9.78. The topological polar surface area (TPSA) is 52.6 Å². The van der Waals surface area contributed by atoms with Gasteiger partial charge in [-0.3, -0.25) is 4.90 Å². The molecule has 3 rings (SSSR count). The zero-order chi connectivity index (χ0) is 11.1. The minimum atomic E-state index is -0.824. The molecule has 0 spiro atoms. The molecule has 4 heteroatoms. The Labute approximate surface area is 94.6 Å². The predicted molar refractivity (Wildman–Crippen MR) is 59.7 cm³/mol. The van der Waals surface area contributed by atoms with Crippen LogP contribution in [0, 0.1) is 11.8 Å². The SMILES string of the molecule is O=C(O)N1C=CC2CNC3=CCCCC3C21. The third-order valence-electron chi connectivity index (χ3n) is 3.91. The average Bonchev–Trinajstić information content (AvgIpc) is 2.73. The van der Waals surface area contributed by atoms with Gasteiger partial charge < -0.3 is 10.4 Å². The Balaban J connectivity index is 1.91. The van der Waals surface area contributed by atoms with Gasteiger partial charge in [0.2, 0.25) is 0 Å². The van der Waals surface area contributed by atoms with E-state index in [2.05, 4.69) is 11.4 Å². The summed E-state index contributed by atoms with van der Waals surface area (Å²) in [4.78, 5) is 12.7. The van der Waals surface area contributed by atoms with Gasteiger partial charge in [-0.1, -0.05) is 12.2 Å². The summed E-state index contributed by atoms with van der Waals surface area (Å²) in [5.41, 5.74) is 1.27. The highest BCUT2D eigenvalue weighted by Gasteiger charge is 2.43. The van der Waals surface area contributed by atoms with E-state index in [0.717, 1.165) is 19.4 Å². The molecule has 2 N–H and O–H groups in total. The van der Waals surface area contributed by atoms with Gasteiger partial charge in [0.1, 0.15) is 0 Å². The van der Waals surface area contributed by atoms with E-state index in [1.54, 1.807) is 6.20 Å². The molecule has 0 aromatic rings. The highest BCUT2D eigenvalue weighted by atomic mass is 16.4. The van der Waals surface area contributed by atoms with Crippen molar-refractivity contribution in [3.05, 3.63) is 24.0 Å². The van der Waals surface area contributed by atoms with Gasteiger partial charge in [0.15, 0.2) is 0 Å². The van der Waals surface area contributed by atoms with Crippen LogP contribution in [0.15, 0.2) is 24.0 Å². The van der Waals surface area contributed by atoms with Crippen molar-refractivity contribution >= 4 is 6.09 Å². The summed E-state index contributed by atoms with van der Waals surface area (Å²) in [6, 6.07) is 0.130. The maximum Gasteiger partial charge on any atom is 0.411 e. The number of rotatable bonds is 0. The fourth-order valence-electron chi connectivity index (χ4n) is 3.19. The highest BCUT2D eigenvalue weighted by Crippen LogP contribution is 2.39. The van der Waals surface area contributed by atoms with Crippen molar-refractivity contribution in [2.24, 2.45) is 11.8 Å². The van der Waals surface area contributed by atoms with E-state index in [4.69, 9.17) is 0 Å². The van der Waals surface area contributed by atoms with E-state index in [-0.39, 0.29) is 6.04 Å². The van der Waals surface area contributed by atoms with Gasteiger partial charge in [0.25, 0.3) is 0 Å². The second kappa shape index (κ2) is 3.54. The maximum atomic E-state index is 11.2. The van der Waals surface area contributed by atoms with Crippen LogP contribution in [-0.4, -0.2) is 28.7 Å². The Kier molecular flexibility index (Phi) is 2.16. The zero-order valence-corrected chi connectivity index (χ0v) is 9.10. The van der Waals surface area contributed by atoms with Gasteiger partial charge in [-0.2, -0.15) is 0 Å². The zero-order valence-electron chi connectivity index (χ0n) is 9.10. The van der Waals surface area contributed by atoms with Gasteiger partial charge in [0.05, 0.1) is 6.04 Å². The van der Waals surface area contributed by atoms with Crippen LogP contribution in [0.25, 0.3) is 0 Å². The number of carboxylic acid groups (broad SMARTS) is 1. The first-order valence-corrected chi connectivity index (χ1v) is 5.91. The molecule has 0 bridgehead atoms. The van der Waals surface area contributed by atoms with Crippen molar-refractivity contribution in [1.29, 1.82) is 0 Å². The number of allylic oxidation sites excluding steroid dienone is 1. The fourth-order valence-corrected chi connectivity index (χ4v) is 3.19. The Morgan fingerprint density at radius 1 is 1.56 bits per heavy atom. The van der Waals surface area contributed by atoms with E-state index in [0.29, 0.717) is 11.8 Å². The van der Waals surface area contributed by atoms with E-state index in [1.165, 1.54) is 17.0 Å². The molecule has 3 aliphatic rings. The van der Waals surface area contributed by atoms with E-state index in [1.807, 2.05) is 6.08 Å². The van der Waals surface area contributed by atoms with Crippen molar-refractivity contribution in [1.82, 2.24) is 10.2 Å². The number of amides is 1.